The number of carbonyl (C=O) groups is 2. The molecule has 1 aliphatic carbocycles. The molecule has 1 saturated carbocycles. The van der Waals surface area contributed by atoms with Gasteiger partial charge in [-0.05, 0) is 50.7 Å². The highest BCUT2D eigenvalue weighted by Crippen LogP contribution is 2.22. The molecule has 3 rings (SSSR count). The molecule has 0 aromatic heterocycles. The van der Waals surface area contributed by atoms with Gasteiger partial charge in [-0.3, -0.25) is 9.59 Å². The van der Waals surface area contributed by atoms with Crippen LogP contribution >= 0.6 is 0 Å². The lowest BCUT2D eigenvalue weighted by Crippen LogP contribution is -2.48. The van der Waals surface area contributed by atoms with E-state index in [0.717, 1.165) is 38.5 Å². The summed E-state index contributed by atoms with van der Waals surface area (Å²) in [7, 11) is 0. The largest absolute Gasteiger partial charge is 0.393 e. The van der Waals surface area contributed by atoms with Crippen LogP contribution in [0.25, 0.3) is 0 Å². The van der Waals surface area contributed by atoms with Gasteiger partial charge in [0.05, 0.1) is 12.0 Å². The fourth-order valence-electron chi connectivity index (χ4n) is 3.68. The van der Waals surface area contributed by atoms with Gasteiger partial charge in [0.15, 0.2) is 0 Å². The molecule has 5 heteroatoms. The van der Waals surface area contributed by atoms with Crippen molar-refractivity contribution >= 4 is 11.8 Å². The topological polar surface area (TPSA) is 69.6 Å². The Morgan fingerprint density at radius 2 is 1.75 bits per heavy atom. The SMILES string of the molecule is O=C(NC1CCC(O)CC1)C1CCCN(C(=O)c2ccccc2)C1. The van der Waals surface area contributed by atoms with Crippen LogP contribution in [0.4, 0.5) is 0 Å². The quantitative estimate of drug-likeness (QED) is 0.890. The number of carbonyl (C=O) groups excluding carboxylic acids is 2. The van der Waals surface area contributed by atoms with Crippen molar-refractivity contribution in [1.29, 1.82) is 0 Å². The van der Waals surface area contributed by atoms with Gasteiger partial charge in [0.25, 0.3) is 5.91 Å². The average molecular weight is 330 g/mol. The van der Waals surface area contributed by atoms with Crippen molar-refractivity contribution in [2.75, 3.05) is 13.1 Å². The van der Waals surface area contributed by atoms with Crippen molar-refractivity contribution in [2.24, 2.45) is 5.92 Å². The van der Waals surface area contributed by atoms with Gasteiger partial charge in [0.1, 0.15) is 0 Å². The lowest BCUT2D eigenvalue weighted by atomic mass is 9.91. The third kappa shape index (κ3) is 4.15. The number of nitrogens with one attached hydrogen (secondary N) is 1. The van der Waals surface area contributed by atoms with E-state index in [1.807, 2.05) is 30.3 Å². The van der Waals surface area contributed by atoms with Crippen LogP contribution in [0.1, 0.15) is 48.9 Å². The van der Waals surface area contributed by atoms with Crippen LogP contribution < -0.4 is 5.32 Å². The summed E-state index contributed by atoms with van der Waals surface area (Å²) in [6.07, 6.45) is 4.67. The Morgan fingerprint density at radius 3 is 2.46 bits per heavy atom. The second-order valence-corrected chi connectivity index (χ2v) is 6.97. The molecular formula is C19H26N2O3. The highest BCUT2D eigenvalue weighted by molar-refractivity contribution is 5.94. The molecule has 2 aliphatic rings. The van der Waals surface area contributed by atoms with Crippen molar-refractivity contribution in [3.05, 3.63) is 35.9 Å². The number of benzene rings is 1. The molecule has 1 aromatic rings. The number of hydrogen-bond donors (Lipinski definition) is 2. The highest BCUT2D eigenvalue weighted by atomic mass is 16.3. The van der Waals surface area contributed by atoms with Gasteiger partial charge in [-0.1, -0.05) is 18.2 Å². The minimum absolute atomic E-state index is 0.00823. The van der Waals surface area contributed by atoms with Gasteiger partial charge < -0.3 is 15.3 Å². The fourth-order valence-corrected chi connectivity index (χ4v) is 3.68. The van der Waals surface area contributed by atoms with Gasteiger partial charge in [-0.25, -0.2) is 0 Å². The van der Waals surface area contributed by atoms with Crippen molar-refractivity contribution in [3.63, 3.8) is 0 Å². The van der Waals surface area contributed by atoms with Crippen molar-refractivity contribution in [2.45, 2.75) is 50.7 Å². The van der Waals surface area contributed by atoms with E-state index in [1.165, 1.54) is 0 Å². The number of piperidine rings is 1. The summed E-state index contributed by atoms with van der Waals surface area (Å²) in [6, 6.07) is 9.42. The first-order valence-electron chi connectivity index (χ1n) is 8.96. The monoisotopic (exact) mass is 330 g/mol. The van der Waals surface area contributed by atoms with Gasteiger partial charge in [0, 0.05) is 24.7 Å². The molecule has 2 N–H and O–H groups in total. The molecule has 2 amide bonds. The third-order valence-electron chi connectivity index (χ3n) is 5.14. The minimum Gasteiger partial charge on any atom is -0.393 e. The number of nitrogens with zero attached hydrogens (tertiary/aromatic N) is 1. The van der Waals surface area contributed by atoms with Crippen LogP contribution in [-0.2, 0) is 4.79 Å². The standard InChI is InChI=1S/C19H26N2O3/c22-17-10-8-16(9-11-17)20-18(23)15-7-4-12-21(13-15)19(24)14-5-2-1-3-6-14/h1-3,5-6,15-17,22H,4,7-13H2,(H,20,23). The molecule has 1 heterocycles. The number of rotatable bonds is 3. The zero-order chi connectivity index (χ0) is 16.9. The van der Waals surface area contributed by atoms with Crippen LogP contribution in [0.2, 0.25) is 0 Å². The summed E-state index contributed by atoms with van der Waals surface area (Å²) < 4.78 is 0. The molecule has 1 atom stereocenters. The van der Waals surface area contributed by atoms with Gasteiger partial charge in [0.2, 0.25) is 5.91 Å². The zero-order valence-corrected chi connectivity index (χ0v) is 14.0. The second-order valence-electron chi connectivity index (χ2n) is 6.97. The molecule has 1 unspecified atom stereocenters. The summed E-state index contributed by atoms with van der Waals surface area (Å²) in [6.45, 7) is 1.21. The molecule has 1 aromatic carbocycles. The summed E-state index contributed by atoms with van der Waals surface area (Å²) in [4.78, 5) is 26.9. The van der Waals surface area contributed by atoms with Gasteiger partial charge in [-0.2, -0.15) is 0 Å². The molecule has 5 nitrogen and oxygen atoms in total. The van der Waals surface area contributed by atoms with E-state index in [9.17, 15) is 14.7 Å². The Morgan fingerprint density at radius 1 is 1.04 bits per heavy atom. The summed E-state index contributed by atoms with van der Waals surface area (Å²) in [5.41, 5.74) is 0.680. The van der Waals surface area contributed by atoms with E-state index in [0.29, 0.717) is 18.7 Å². The van der Waals surface area contributed by atoms with Gasteiger partial charge >= 0.3 is 0 Å². The first kappa shape index (κ1) is 17.0. The molecule has 1 saturated heterocycles. The van der Waals surface area contributed by atoms with Crippen LogP contribution in [-0.4, -0.2) is 47.1 Å². The molecular weight excluding hydrogens is 304 g/mol. The van der Waals surface area contributed by atoms with E-state index < -0.39 is 0 Å². The Bertz CT molecular complexity index is 567. The number of amides is 2. The maximum Gasteiger partial charge on any atom is 0.253 e. The Labute approximate surface area is 143 Å². The highest BCUT2D eigenvalue weighted by Gasteiger charge is 2.30. The summed E-state index contributed by atoms with van der Waals surface area (Å²) in [5, 5.41) is 12.7. The molecule has 1 aliphatic heterocycles. The molecule has 0 radical (unpaired) electrons. The van der Waals surface area contributed by atoms with Crippen molar-refractivity contribution in [1.82, 2.24) is 10.2 Å². The van der Waals surface area contributed by atoms with Crippen LogP contribution in [0.3, 0.4) is 0 Å². The number of hydrogen-bond acceptors (Lipinski definition) is 3. The van der Waals surface area contributed by atoms with E-state index >= 15 is 0 Å². The van der Waals surface area contributed by atoms with Crippen LogP contribution in [0.5, 0.6) is 0 Å². The normalized spacial score (nSPS) is 27.5. The van der Waals surface area contributed by atoms with E-state index in [2.05, 4.69) is 5.32 Å². The van der Waals surface area contributed by atoms with Crippen molar-refractivity contribution < 1.29 is 14.7 Å². The molecule has 130 valence electrons. The maximum absolute atomic E-state index is 12.6. The molecule has 24 heavy (non-hydrogen) atoms. The number of likely N-dealkylation sites (tertiary alicyclic amines) is 1. The summed E-state index contributed by atoms with van der Waals surface area (Å²) >= 11 is 0. The van der Waals surface area contributed by atoms with Crippen LogP contribution in [0, 0.1) is 5.92 Å². The maximum atomic E-state index is 12.6. The van der Waals surface area contributed by atoms with Crippen LogP contribution in [0.15, 0.2) is 30.3 Å². The summed E-state index contributed by atoms with van der Waals surface area (Å²) in [5.74, 6) is -0.0610. The van der Waals surface area contributed by atoms with E-state index in [4.69, 9.17) is 0 Å². The third-order valence-corrected chi connectivity index (χ3v) is 5.14. The lowest BCUT2D eigenvalue weighted by Gasteiger charge is -2.34. The number of aliphatic hydroxyl groups is 1. The fraction of sp³-hybridized carbons (Fsp3) is 0.579. The Hall–Kier alpha value is -1.88. The average Bonchev–Trinajstić information content (AvgIpc) is 2.64. The molecule has 0 bridgehead atoms. The van der Waals surface area contributed by atoms with Crippen molar-refractivity contribution in [3.8, 4) is 0 Å². The Kier molecular flexibility index (Phi) is 5.51. The first-order chi connectivity index (χ1) is 11.6. The lowest BCUT2D eigenvalue weighted by molar-refractivity contribution is -0.127. The molecule has 2 fully saturated rings. The predicted molar refractivity (Wildman–Crippen MR) is 91.5 cm³/mol. The van der Waals surface area contributed by atoms with E-state index in [-0.39, 0.29) is 29.9 Å². The predicted octanol–water partition coefficient (Wildman–Crippen LogP) is 1.96. The molecule has 0 spiro atoms. The number of aliphatic hydroxyl groups excluding tert-OH is 1. The van der Waals surface area contributed by atoms with E-state index in [1.54, 1.807) is 4.90 Å². The minimum atomic E-state index is -0.216. The zero-order valence-electron chi connectivity index (χ0n) is 14.0. The first-order valence-corrected chi connectivity index (χ1v) is 8.96. The smallest absolute Gasteiger partial charge is 0.253 e. The Balaban J connectivity index is 1.55. The van der Waals surface area contributed by atoms with Gasteiger partial charge in [-0.15, -0.1) is 0 Å². The second kappa shape index (κ2) is 7.79.